The third-order valence-corrected chi connectivity index (χ3v) is 3.18. The highest BCUT2D eigenvalue weighted by molar-refractivity contribution is 5.96. The fourth-order valence-electron chi connectivity index (χ4n) is 2.08. The van der Waals surface area contributed by atoms with E-state index in [0.29, 0.717) is 17.2 Å². The van der Waals surface area contributed by atoms with E-state index in [2.05, 4.69) is 18.7 Å². The van der Waals surface area contributed by atoms with Crippen LogP contribution in [0.3, 0.4) is 0 Å². The zero-order valence-corrected chi connectivity index (χ0v) is 14.5. The molecule has 0 unspecified atom stereocenters. The van der Waals surface area contributed by atoms with Gasteiger partial charge in [-0.25, -0.2) is 0 Å². The summed E-state index contributed by atoms with van der Waals surface area (Å²) in [5.74, 6) is 0.521. The number of hydrogen-bond acceptors (Lipinski definition) is 3. The van der Waals surface area contributed by atoms with E-state index in [1.807, 2.05) is 38.1 Å². The molecule has 1 rings (SSSR count). The Kier molecular flexibility index (Phi) is 8.37. The number of anilines is 1. The summed E-state index contributed by atoms with van der Waals surface area (Å²) in [6.45, 7) is 8.56. The molecule has 0 heterocycles. The van der Waals surface area contributed by atoms with Crippen LogP contribution in [-0.2, 0) is 0 Å². The maximum Gasteiger partial charge on any atom is 0.254 e. The van der Waals surface area contributed by atoms with E-state index >= 15 is 0 Å². The topological polar surface area (TPSA) is 49.6 Å². The maximum atomic E-state index is 12.7. The minimum absolute atomic E-state index is 0. The van der Waals surface area contributed by atoms with Crippen LogP contribution >= 0.6 is 12.4 Å². The lowest BCUT2D eigenvalue weighted by atomic mass is 10.1. The van der Waals surface area contributed by atoms with Crippen molar-refractivity contribution in [2.45, 2.75) is 20.8 Å². The summed E-state index contributed by atoms with van der Waals surface area (Å²) < 4.78 is 0. The van der Waals surface area contributed by atoms with Gasteiger partial charge in [-0.05, 0) is 44.6 Å². The molecular formula is C16H28ClN3O. The molecular weight excluding hydrogens is 286 g/mol. The van der Waals surface area contributed by atoms with Crippen LogP contribution < -0.4 is 5.73 Å². The Labute approximate surface area is 134 Å². The predicted octanol–water partition coefficient (Wildman–Crippen LogP) is 2.66. The number of nitrogens with zero attached hydrogens (tertiary/aromatic N) is 2. The average Bonchev–Trinajstić information content (AvgIpc) is 2.36. The van der Waals surface area contributed by atoms with Gasteiger partial charge in [-0.1, -0.05) is 19.9 Å². The molecule has 0 saturated carbocycles. The number of nitrogens with two attached hydrogens (primary N) is 1. The Morgan fingerprint density at radius 3 is 2.38 bits per heavy atom. The number of amides is 1. The number of aryl methyl sites for hydroxylation is 1. The SMILES string of the molecule is Cc1ccc(N)cc1C(=O)N(CCN(C)C)CC(C)C.Cl. The Balaban J connectivity index is 0.00000400. The lowest BCUT2D eigenvalue weighted by Crippen LogP contribution is -2.39. The molecule has 21 heavy (non-hydrogen) atoms. The first-order valence-corrected chi connectivity index (χ1v) is 7.11. The number of rotatable bonds is 6. The average molecular weight is 314 g/mol. The Morgan fingerprint density at radius 2 is 1.86 bits per heavy atom. The van der Waals surface area contributed by atoms with Gasteiger partial charge in [0.25, 0.3) is 5.91 Å². The molecule has 5 heteroatoms. The predicted molar refractivity (Wildman–Crippen MR) is 92.1 cm³/mol. The van der Waals surface area contributed by atoms with Gasteiger partial charge in [0.15, 0.2) is 0 Å². The molecule has 1 amide bonds. The zero-order chi connectivity index (χ0) is 15.3. The Bertz CT molecular complexity index is 461. The summed E-state index contributed by atoms with van der Waals surface area (Å²) in [4.78, 5) is 16.7. The summed E-state index contributed by atoms with van der Waals surface area (Å²) in [5, 5.41) is 0. The molecule has 120 valence electrons. The number of nitrogen functional groups attached to an aromatic ring is 1. The number of halogens is 1. The molecule has 1 aromatic rings. The van der Waals surface area contributed by atoms with E-state index in [4.69, 9.17) is 5.73 Å². The van der Waals surface area contributed by atoms with Gasteiger partial charge in [0.05, 0.1) is 0 Å². The van der Waals surface area contributed by atoms with Gasteiger partial charge in [-0.15, -0.1) is 12.4 Å². The van der Waals surface area contributed by atoms with Crippen molar-refractivity contribution < 1.29 is 4.79 Å². The lowest BCUT2D eigenvalue weighted by Gasteiger charge is -2.27. The Morgan fingerprint density at radius 1 is 1.24 bits per heavy atom. The van der Waals surface area contributed by atoms with Gasteiger partial charge >= 0.3 is 0 Å². The van der Waals surface area contributed by atoms with E-state index in [9.17, 15) is 4.79 Å². The molecule has 0 radical (unpaired) electrons. The van der Waals surface area contributed by atoms with Gasteiger partial charge in [0, 0.05) is 30.9 Å². The smallest absolute Gasteiger partial charge is 0.254 e. The summed E-state index contributed by atoms with van der Waals surface area (Å²) in [6, 6.07) is 5.52. The molecule has 0 saturated heterocycles. The number of carbonyl (C=O) groups is 1. The second-order valence-electron chi connectivity index (χ2n) is 6.02. The molecule has 0 fully saturated rings. The van der Waals surface area contributed by atoms with Gasteiger partial charge in [-0.2, -0.15) is 0 Å². The number of benzene rings is 1. The second kappa shape index (κ2) is 8.90. The van der Waals surface area contributed by atoms with Gasteiger partial charge < -0.3 is 15.5 Å². The van der Waals surface area contributed by atoms with Crippen LogP contribution in [0.5, 0.6) is 0 Å². The van der Waals surface area contributed by atoms with Crippen molar-refractivity contribution in [1.29, 1.82) is 0 Å². The molecule has 1 aromatic carbocycles. The molecule has 0 aliphatic carbocycles. The number of likely N-dealkylation sites (N-methyl/N-ethyl adjacent to an activating group) is 1. The highest BCUT2D eigenvalue weighted by Gasteiger charge is 2.18. The van der Waals surface area contributed by atoms with Crippen molar-refractivity contribution in [2.24, 2.45) is 5.92 Å². The van der Waals surface area contributed by atoms with Crippen molar-refractivity contribution in [2.75, 3.05) is 39.5 Å². The molecule has 0 spiro atoms. The van der Waals surface area contributed by atoms with Crippen molar-refractivity contribution >= 4 is 24.0 Å². The maximum absolute atomic E-state index is 12.7. The van der Waals surface area contributed by atoms with Gasteiger partial charge in [-0.3, -0.25) is 4.79 Å². The van der Waals surface area contributed by atoms with Crippen LogP contribution in [0.1, 0.15) is 29.8 Å². The standard InChI is InChI=1S/C16H27N3O.ClH/c1-12(2)11-19(9-8-18(4)5)16(20)15-10-14(17)7-6-13(15)3;/h6-7,10,12H,8-9,11,17H2,1-5H3;1H. The molecule has 0 aliphatic rings. The van der Waals surface area contributed by atoms with Crippen LogP contribution in [0.15, 0.2) is 18.2 Å². The first-order chi connectivity index (χ1) is 9.31. The largest absolute Gasteiger partial charge is 0.399 e. The second-order valence-corrected chi connectivity index (χ2v) is 6.02. The summed E-state index contributed by atoms with van der Waals surface area (Å²) in [7, 11) is 4.04. The monoisotopic (exact) mass is 313 g/mol. The third-order valence-electron chi connectivity index (χ3n) is 3.18. The van der Waals surface area contributed by atoms with E-state index in [1.54, 1.807) is 6.07 Å². The highest BCUT2D eigenvalue weighted by atomic mass is 35.5. The quantitative estimate of drug-likeness (QED) is 0.821. The van der Waals surface area contributed by atoms with E-state index in [0.717, 1.165) is 25.2 Å². The minimum Gasteiger partial charge on any atom is -0.399 e. The third kappa shape index (κ3) is 6.36. The van der Waals surface area contributed by atoms with Crippen molar-refractivity contribution in [1.82, 2.24) is 9.80 Å². The minimum atomic E-state index is 0. The fourth-order valence-corrected chi connectivity index (χ4v) is 2.08. The molecule has 0 bridgehead atoms. The van der Waals surface area contributed by atoms with Crippen LogP contribution in [0.2, 0.25) is 0 Å². The molecule has 0 aliphatic heterocycles. The molecule has 0 aromatic heterocycles. The first kappa shape index (κ1) is 19.7. The summed E-state index contributed by atoms with van der Waals surface area (Å²) in [5.41, 5.74) is 8.13. The summed E-state index contributed by atoms with van der Waals surface area (Å²) in [6.07, 6.45) is 0. The van der Waals surface area contributed by atoms with Crippen molar-refractivity contribution in [3.8, 4) is 0 Å². The van der Waals surface area contributed by atoms with Crippen LogP contribution in [0.4, 0.5) is 5.69 Å². The van der Waals surface area contributed by atoms with Gasteiger partial charge in [0.1, 0.15) is 0 Å². The Hall–Kier alpha value is -1.26. The zero-order valence-electron chi connectivity index (χ0n) is 13.7. The van der Waals surface area contributed by atoms with E-state index in [1.165, 1.54) is 0 Å². The molecule has 0 atom stereocenters. The number of carbonyl (C=O) groups excluding carboxylic acids is 1. The molecule has 4 nitrogen and oxygen atoms in total. The van der Waals surface area contributed by atoms with Crippen LogP contribution in [-0.4, -0.2) is 49.4 Å². The van der Waals surface area contributed by atoms with E-state index < -0.39 is 0 Å². The first-order valence-electron chi connectivity index (χ1n) is 7.11. The van der Waals surface area contributed by atoms with Crippen LogP contribution in [0.25, 0.3) is 0 Å². The highest BCUT2D eigenvalue weighted by Crippen LogP contribution is 2.16. The molecule has 2 N–H and O–H groups in total. The summed E-state index contributed by atoms with van der Waals surface area (Å²) >= 11 is 0. The van der Waals surface area contributed by atoms with E-state index in [-0.39, 0.29) is 18.3 Å². The normalized spacial score (nSPS) is 10.6. The fraction of sp³-hybridized carbons (Fsp3) is 0.562. The number of hydrogen-bond donors (Lipinski definition) is 1. The van der Waals surface area contributed by atoms with Crippen LogP contribution in [0, 0.1) is 12.8 Å². The van der Waals surface area contributed by atoms with Crippen molar-refractivity contribution in [3.05, 3.63) is 29.3 Å². The van der Waals surface area contributed by atoms with Crippen molar-refractivity contribution in [3.63, 3.8) is 0 Å². The lowest BCUT2D eigenvalue weighted by molar-refractivity contribution is 0.0724. The van der Waals surface area contributed by atoms with Gasteiger partial charge in [0.2, 0.25) is 0 Å².